The topological polar surface area (TPSA) is 28.2 Å². The molecule has 0 saturated carbocycles. The van der Waals surface area contributed by atoms with Crippen LogP contribution in [0.2, 0.25) is 0 Å². The van der Waals surface area contributed by atoms with E-state index < -0.39 is 0 Å². The zero-order valence-corrected chi connectivity index (χ0v) is 13.5. The summed E-state index contributed by atoms with van der Waals surface area (Å²) in [6.45, 7) is 13.4. The SMILES string of the molecule is CC(C)NCc1nc(CN2CCC(C)(C)CC2)cs1. The molecule has 0 spiro atoms. The van der Waals surface area contributed by atoms with Gasteiger partial charge in [-0.25, -0.2) is 4.98 Å². The van der Waals surface area contributed by atoms with Crippen LogP contribution in [0.3, 0.4) is 0 Å². The normalized spacial score (nSPS) is 20.1. The Morgan fingerprint density at radius 1 is 1.37 bits per heavy atom. The number of nitrogens with one attached hydrogen (secondary N) is 1. The Labute approximate surface area is 121 Å². The molecule has 0 amide bonds. The van der Waals surface area contributed by atoms with Gasteiger partial charge in [0.15, 0.2) is 0 Å². The quantitative estimate of drug-likeness (QED) is 0.898. The number of rotatable bonds is 5. The maximum atomic E-state index is 4.73. The lowest BCUT2D eigenvalue weighted by Crippen LogP contribution is -2.36. The molecule has 1 aromatic rings. The van der Waals surface area contributed by atoms with E-state index >= 15 is 0 Å². The monoisotopic (exact) mass is 281 g/mol. The third-order valence-corrected chi connectivity index (χ3v) is 4.75. The van der Waals surface area contributed by atoms with E-state index in [-0.39, 0.29) is 0 Å². The molecule has 0 atom stereocenters. The van der Waals surface area contributed by atoms with Gasteiger partial charge in [-0.2, -0.15) is 0 Å². The molecule has 2 heterocycles. The highest BCUT2D eigenvalue weighted by Crippen LogP contribution is 2.30. The van der Waals surface area contributed by atoms with Crippen LogP contribution in [0, 0.1) is 5.41 Å². The first-order chi connectivity index (χ1) is 8.94. The molecular formula is C15H27N3S. The fourth-order valence-corrected chi connectivity index (χ4v) is 3.08. The molecular weight excluding hydrogens is 254 g/mol. The van der Waals surface area contributed by atoms with Gasteiger partial charge in [0, 0.05) is 24.5 Å². The van der Waals surface area contributed by atoms with Gasteiger partial charge < -0.3 is 5.32 Å². The molecule has 0 bridgehead atoms. The van der Waals surface area contributed by atoms with Crippen LogP contribution in [0.1, 0.15) is 51.2 Å². The van der Waals surface area contributed by atoms with E-state index in [1.807, 2.05) is 0 Å². The van der Waals surface area contributed by atoms with Gasteiger partial charge >= 0.3 is 0 Å². The minimum absolute atomic E-state index is 0.525. The summed E-state index contributed by atoms with van der Waals surface area (Å²) in [4.78, 5) is 7.27. The van der Waals surface area contributed by atoms with Gasteiger partial charge in [-0.05, 0) is 31.3 Å². The third kappa shape index (κ3) is 4.86. The zero-order chi connectivity index (χ0) is 13.9. The molecule has 1 aromatic heterocycles. The molecule has 3 nitrogen and oxygen atoms in total. The fourth-order valence-electron chi connectivity index (χ4n) is 2.34. The number of hydrogen-bond acceptors (Lipinski definition) is 4. The third-order valence-electron chi connectivity index (χ3n) is 3.86. The summed E-state index contributed by atoms with van der Waals surface area (Å²) in [5, 5.41) is 6.85. The highest BCUT2D eigenvalue weighted by molar-refractivity contribution is 7.09. The number of likely N-dealkylation sites (tertiary alicyclic amines) is 1. The highest BCUT2D eigenvalue weighted by Gasteiger charge is 2.25. The van der Waals surface area contributed by atoms with E-state index in [0.717, 1.165) is 13.1 Å². The molecule has 19 heavy (non-hydrogen) atoms. The van der Waals surface area contributed by atoms with Crippen molar-refractivity contribution in [3.63, 3.8) is 0 Å². The van der Waals surface area contributed by atoms with E-state index in [9.17, 15) is 0 Å². The Morgan fingerprint density at radius 2 is 2.05 bits per heavy atom. The fraction of sp³-hybridized carbons (Fsp3) is 0.800. The van der Waals surface area contributed by atoms with Crippen LogP contribution in [-0.4, -0.2) is 29.0 Å². The van der Waals surface area contributed by atoms with Gasteiger partial charge in [0.25, 0.3) is 0 Å². The Kier molecular flexibility index (Phi) is 4.98. The van der Waals surface area contributed by atoms with Crippen molar-refractivity contribution in [1.82, 2.24) is 15.2 Å². The van der Waals surface area contributed by atoms with Crippen LogP contribution in [0.4, 0.5) is 0 Å². The number of thiazole rings is 1. The van der Waals surface area contributed by atoms with Crippen LogP contribution >= 0.6 is 11.3 Å². The molecule has 0 aromatic carbocycles. The summed E-state index contributed by atoms with van der Waals surface area (Å²) in [6.07, 6.45) is 2.61. The second kappa shape index (κ2) is 6.33. The second-order valence-corrected chi connectivity index (χ2v) is 7.65. The second-order valence-electron chi connectivity index (χ2n) is 6.71. The standard InChI is InChI=1S/C15H27N3S/c1-12(2)16-9-14-17-13(11-19-14)10-18-7-5-15(3,4)6-8-18/h11-12,16H,5-10H2,1-4H3. The van der Waals surface area contributed by atoms with Gasteiger partial charge in [0.2, 0.25) is 0 Å². The van der Waals surface area contributed by atoms with Crippen LogP contribution in [0.5, 0.6) is 0 Å². The molecule has 0 aliphatic carbocycles. The minimum atomic E-state index is 0.525. The lowest BCUT2D eigenvalue weighted by molar-refractivity contribution is 0.126. The highest BCUT2D eigenvalue weighted by atomic mass is 32.1. The van der Waals surface area contributed by atoms with Crippen LogP contribution in [0.25, 0.3) is 0 Å². The van der Waals surface area contributed by atoms with Crippen LogP contribution in [0.15, 0.2) is 5.38 Å². The average Bonchev–Trinajstić information content (AvgIpc) is 2.77. The van der Waals surface area contributed by atoms with Crippen LogP contribution < -0.4 is 5.32 Å². The summed E-state index contributed by atoms with van der Waals surface area (Å²) < 4.78 is 0. The molecule has 1 aliphatic rings. The van der Waals surface area contributed by atoms with Crippen molar-refractivity contribution in [2.24, 2.45) is 5.41 Å². The zero-order valence-electron chi connectivity index (χ0n) is 12.7. The molecule has 1 N–H and O–H groups in total. The summed E-state index contributed by atoms with van der Waals surface area (Å²) in [7, 11) is 0. The summed E-state index contributed by atoms with van der Waals surface area (Å²) in [5.41, 5.74) is 1.77. The molecule has 0 radical (unpaired) electrons. The Bertz CT molecular complexity index is 388. The lowest BCUT2D eigenvalue weighted by atomic mass is 9.83. The maximum absolute atomic E-state index is 4.73. The molecule has 4 heteroatoms. The van der Waals surface area contributed by atoms with Crippen molar-refractivity contribution in [3.05, 3.63) is 16.1 Å². The van der Waals surface area contributed by atoms with Gasteiger partial charge in [-0.15, -0.1) is 11.3 Å². The Hall–Kier alpha value is -0.450. The lowest BCUT2D eigenvalue weighted by Gasteiger charge is -2.36. The first-order valence-electron chi connectivity index (χ1n) is 7.34. The predicted molar refractivity (Wildman–Crippen MR) is 82.4 cm³/mol. The van der Waals surface area contributed by atoms with E-state index in [1.165, 1.54) is 36.6 Å². The predicted octanol–water partition coefficient (Wildman–Crippen LogP) is 3.26. The molecule has 1 saturated heterocycles. The van der Waals surface area contributed by atoms with Crippen molar-refractivity contribution in [3.8, 4) is 0 Å². The van der Waals surface area contributed by atoms with E-state index in [2.05, 4.69) is 43.3 Å². The summed E-state index contributed by atoms with van der Waals surface area (Å²) in [5.74, 6) is 0. The number of aromatic nitrogens is 1. The van der Waals surface area contributed by atoms with Crippen molar-refractivity contribution >= 4 is 11.3 Å². The molecule has 0 unspecified atom stereocenters. The van der Waals surface area contributed by atoms with Crippen molar-refractivity contribution in [2.75, 3.05) is 13.1 Å². The van der Waals surface area contributed by atoms with E-state index in [0.29, 0.717) is 11.5 Å². The van der Waals surface area contributed by atoms with Gasteiger partial charge in [0.1, 0.15) is 5.01 Å². The Morgan fingerprint density at radius 3 is 2.68 bits per heavy atom. The van der Waals surface area contributed by atoms with Crippen molar-refractivity contribution < 1.29 is 0 Å². The van der Waals surface area contributed by atoms with Crippen molar-refractivity contribution in [2.45, 2.75) is 59.7 Å². The number of nitrogens with zero attached hydrogens (tertiary/aromatic N) is 2. The number of hydrogen-bond donors (Lipinski definition) is 1. The number of piperidine rings is 1. The van der Waals surface area contributed by atoms with Gasteiger partial charge in [0.05, 0.1) is 5.69 Å². The van der Waals surface area contributed by atoms with E-state index in [1.54, 1.807) is 11.3 Å². The minimum Gasteiger partial charge on any atom is -0.308 e. The van der Waals surface area contributed by atoms with E-state index in [4.69, 9.17) is 4.98 Å². The summed E-state index contributed by atoms with van der Waals surface area (Å²) >= 11 is 1.78. The maximum Gasteiger partial charge on any atom is 0.107 e. The van der Waals surface area contributed by atoms with Crippen molar-refractivity contribution in [1.29, 1.82) is 0 Å². The molecule has 1 fully saturated rings. The molecule has 1 aliphatic heterocycles. The molecule has 2 rings (SSSR count). The van der Waals surface area contributed by atoms with Crippen LogP contribution in [-0.2, 0) is 13.1 Å². The summed E-state index contributed by atoms with van der Waals surface area (Å²) in [6, 6.07) is 0.525. The smallest absolute Gasteiger partial charge is 0.107 e. The first kappa shape index (κ1) is 14.9. The average molecular weight is 281 g/mol. The van der Waals surface area contributed by atoms with Gasteiger partial charge in [-0.3, -0.25) is 4.90 Å². The molecule has 108 valence electrons. The largest absolute Gasteiger partial charge is 0.308 e. The Balaban J connectivity index is 1.80. The van der Waals surface area contributed by atoms with Gasteiger partial charge in [-0.1, -0.05) is 27.7 Å². The first-order valence-corrected chi connectivity index (χ1v) is 8.22.